The molecule has 0 bridgehead atoms. The fraction of sp³-hybridized carbons (Fsp3) is 0.421. The first-order chi connectivity index (χ1) is 12.8. The Bertz CT molecular complexity index is 846. The summed E-state index contributed by atoms with van der Waals surface area (Å²) in [5.74, 6) is -2.12. The van der Waals surface area contributed by atoms with Gasteiger partial charge < -0.3 is 5.32 Å². The Morgan fingerprint density at radius 3 is 2.63 bits per heavy atom. The van der Waals surface area contributed by atoms with Crippen molar-refractivity contribution in [2.24, 2.45) is 5.92 Å². The van der Waals surface area contributed by atoms with Crippen molar-refractivity contribution in [1.29, 1.82) is 0 Å². The number of nitrogens with one attached hydrogen (secondary N) is 2. The number of nitrogens with zero attached hydrogens (tertiary/aromatic N) is 1. The van der Waals surface area contributed by atoms with E-state index in [1.165, 1.54) is 6.07 Å². The third kappa shape index (κ3) is 3.60. The third-order valence-electron chi connectivity index (χ3n) is 4.62. The summed E-state index contributed by atoms with van der Waals surface area (Å²) in [6, 6.07) is 3.84. The van der Waals surface area contributed by atoms with Crippen LogP contribution in [0, 0.1) is 5.92 Å². The van der Waals surface area contributed by atoms with E-state index in [-0.39, 0.29) is 42.3 Å². The van der Waals surface area contributed by atoms with E-state index >= 15 is 0 Å². The summed E-state index contributed by atoms with van der Waals surface area (Å²) in [5.41, 5.74) is 0.940. The largest absolute Gasteiger partial charge is 0.352 e. The van der Waals surface area contributed by atoms with E-state index in [0.29, 0.717) is 12.0 Å². The van der Waals surface area contributed by atoms with Crippen LogP contribution < -0.4 is 10.6 Å². The van der Waals surface area contributed by atoms with Crippen LogP contribution in [0.5, 0.6) is 0 Å². The summed E-state index contributed by atoms with van der Waals surface area (Å²) in [4.78, 5) is 61.9. The molecule has 8 nitrogen and oxygen atoms in total. The van der Waals surface area contributed by atoms with Crippen molar-refractivity contribution in [2.75, 3.05) is 0 Å². The lowest BCUT2D eigenvalue weighted by atomic mass is 10.0. The van der Waals surface area contributed by atoms with Crippen molar-refractivity contribution in [3.05, 3.63) is 34.9 Å². The lowest BCUT2D eigenvalue weighted by Crippen LogP contribution is -2.54. The summed E-state index contributed by atoms with van der Waals surface area (Å²) < 4.78 is 0. The van der Waals surface area contributed by atoms with Crippen molar-refractivity contribution in [2.45, 2.75) is 45.7 Å². The van der Waals surface area contributed by atoms with Gasteiger partial charge in [-0.05, 0) is 24.0 Å². The van der Waals surface area contributed by atoms with Gasteiger partial charge in [-0.2, -0.15) is 0 Å². The highest BCUT2D eigenvalue weighted by atomic mass is 16.2. The molecular weight excluding hydrogens is 350 g/mol. The Kier molecular flexibility index (Phi) is 5.07. The van der Waals surface area contributed by atoms with Crippen LogP contribution in [-0.4, -0.2) is 40.5 Å². The number of carbonyl (C=O) groups excluding carboxylic acids is 5. The maximum Gasteiger partial charge on any atom is 0.262 e. The molecule has 1 aromatic rings. The van der Waals surface area contributed by atoms with Gasteiger partial charge >= 0.3 is 0 Å². The fourth-order valence-electron chi connectivity index (χ4n) is 3.37. The highest BCUT2D eigenvalue weighted by Gasteiger charge is 2.45. The van der Waals surface area contributed by atoms with E-state index in [9.17, 15) is 24.0 Å². The predicted molar refractivity (Wildman–Crippen MR) is 94.4 cm³/mol. The first kappa shape index (κ1) is 18.8. The normalized spacial score (nSPS) is 19.4. The van der Waals surface area contributed by atoms with E-state index in [2.05, 4.69) is 10.6 Å². The zero-order valence-electron chi connectivity index (χ0n) is 15.2. The van der Waals surface area contributed by atoms with Gasteiger partial charge in [0, 0.05) is 19.4 Å². The Balaban J connectivity index is 1.83. The van der Waals surface area contributed by atoms with Crippen LogP contribution in [0.4, 0.5) is 0 Å². The van der Waals surface area contributed by atoms with Crippen LogP contribution in [0.3, 0.4) is 0 Å². The van der Waals surface area contributed by atoms with Gasteiger partial charge in [0.1, 0.15) is 6.04 Å². The molecule has 2 N–H and O–H groups in total. The first-order valence-corrected chi connectivity index (χ1v) is 8.89. The summed E-state index contributed by atoms with van der Waals surface area (Å²) in [7, 11) is 0. The van der Waals surface area contributed by atoms with Crippen molar-refractivity contribution in [1.82, 2.24) is 15.5 Å². The zero-order chi connectivity index (χ0) is 19.7. The number of benzene rings is 1. The zero-order valence-corrected chi connectivity index (χ0v) is 15.2. The van der Waals surface area contributed by atoms with Gasteiger partial charge in [-0.25, -0.2) is 0 Å². The number of piperidine rings is 1. The minimum absolute atomic E-state index is 0.0714. The topological polar surface area (TPSA) is 113 Å². The number of amides is 5. The standard InChI is InChI=1S/C19H21N3O5/c1-10(2)8-15(24)20-9-11-4-3-5-12-16(11)19(27)22(18(12)26)13-6-7-14(23)21-17(13)25/h3-5,10,13H,6-9H2,1-2H3,(H,20,24)(H,21,23,25). The first-order valence-electron chi connectivity index (χ1n) is 8.89. The lowest BCUT2D eigenvalue weighted by molar-refractivity contribution is -0.136. The van der Waals surface area contributed by atoms with Gasteiger partial charge in [0.2, 0.25) is 17.7 Å². The Morgan fingerprint density at radius 2 is 1.96 bits per heavy atom. The molecule has 0 radical (unpaired) electrons. The highest BCUT2D eigenvalue weighted by Crippen LogP contribution is 2.29. The smallest absolute Gasteiger partial charge is 0.262 e. The molecule has 1 unspecified atom stereocenters. The molecule has 0 aromatic heterocycles. The third-order valence-corrected chi connectivity index (χ3v) is 4.62. The van der Waals surface area contributed by atoms with Crippen molar-refractivity contribution < 1.29 is 24.0 Å². The van der Waals surface area contributed by atoms with Gasteiger partial charge in [-0.3, -0.25) is 34.2 Å². The molecular formula is C19H21N3O5. The van der Waals surface area contributed by atoms with Crippen LogP contribution in [0.2, 0.25) is 0 Å². The number of rotatable bonds is 5. The molecule has 1 saturated heterocycles. The maximum absolute atomic E-state index is 12.9. The lowest BCUT2D eigenvalue weighted by Gasteiger charge is -2.27. The number of fused-ring (bicyclic) bond motifs is 1. The van der Waals surface area contributed by atoms with Crippen molar-refractivity contribution in [3.63, 3.8) is 0 Å². The molecule has 2 heterocycles. The molecule has 1 atom stereocenters. The van der Waals surface area contributed by atoms with Gasteiger partial charge in [0.15, 0.2) is 0 Å². The predicted octanol–water partition coefficient (Wildman–Crippen LogP) is 0.750. The second-order valence-electron chi connectivity index (χ2n) is 7.16. The summed E-state index contributed by atoms with van der Waals surface area (Å²) in [6.07, 6.45) is 0.544. The average Bonchev–Trinajstić information content (AvgIpc) is 2.85. The number of hydrogen-bond acceptors (Lipinski definition) is 5. The number of hydrogen-bond donors (Lipinski definition) is 2. The summed E-state index contributed by atoms with van der Waals surface area (Å²) in [5, 5.41) is 4.93. The minimum atomic E-state index is -1.00. The second-order valence-corrected chi connectivity index (χ2v) is 7.16. The van der Waals surface area contributed by atoms with Gasteiger partial charge in [-0.15, -0.1) is 0 Å². The van der Waals surface area contributed by atoms with E-state index in [1.54, 1.807) is 12.1 Å². The van der Waals surface area contributed by atoms with Crippen LogP contribution >= 0.6 is 0 Å². The average molecular weight is 371 g/mol. The van der Waals surface area contributed by atoms with Crippen LogP contribution in [0.1, 0.15) is 59.4 Å². The molecule has 3 rings (SSSR count). The number of carbonyl (C=O) groups is 5. The van der Waals surface area contributed by atoms with E-state index in [4.69, 9.17) is 0 Å². The highest BCUT2D eigenvalue weighted by molar-refractivity contribution is 6.24. The quantitative estimate of drug-likeness (QED) is 0.742. The van der Waals surface area contributed by atoms with E-state index in [0.717, 1.165) is 4.90 Å². The molecule has 1 fully saturated rings. The Morgan fingerprint density at radius 1 is 1.22 bits per heavy atom. The Hall–Kier alpha value is -3.03. The Labute approximate surface area is 156 Å². The molecule has 1 aromatic carbocycles. The van der Waals surface area contributed by atoms with Gasteiger partial charge in [0.25, 0.3) is 11.8 Å². The SMILES string of the molecule is CC(C)CC(=O)NCc1cccc2c1C(=O)N(C1CCC(=O)NC1=O)C2=O. The monoisotopic (exact) mass is 371 g/mol. The van der Waals surface area contributed by atoms with Crippen LogP contribution in [-0.2, 0) is 20.9 Å². The fourth-order valence-corrected chi connectivity index (χ4v) is 3.37. The molecule has 27 heavy (non-hydrogen) atoms. The van der Waals surface area contributed by atoms with E-state index < -0.39 is 29.7 Å². The van der Waals surface area contributed by atoms with Crippen molar-refractivity contribution >= 4 is 29.5 Å². The van der Waals surface area contributed by atoms with Crippen LogP contribution in [0.15, 0.2) is 18.2 Å². The molecule has 142 valence electrons. The van der Waals surface area contributed by atoms with Crippen molar-refractivity contribution in [3.8, 4) is 0 Å². The van der Waals surface area contributed by atoms with Gasteiger partial charge in [-0.1, -0.05) is 26.0 Å². The molecule has 2 aliphatic rings. The molecule has 0 spiro atoms. The minimum Gasteiger partial charge on any atom is -0.352 e. The molecule has 0 saturated carbocycles. The molecule has 2 aliphatic heterocycles. The summed E-state index contributed by atoms with van der Waals surface area (Å²) in [6.45, 7) is 3.98. The molecule has 0 aliphatic carbocycles. The maximum atomic E-state index is 12.9. The summed E-state index contributed by atoms with van der Waals surface area (Å²) >= 11 is 0. The van der Waals surface area contributed by atoms with E-state index in [1.807, 2.05) is 13.8 Å². The van der Waals surface area contributed by atoms with Crippen LogP contribution in [0.25, 0.3) is 0 Å². The van der Waals surface area contributed by atoms with Gasteiger partial charge in [0.05, 0.1) is 11.1 Å². The number of imide groups is 2. The molecule has 5 amide bonds. The molecule has 8 heteroatoms. The second kappa shape index (κ2) is 7.30.